The zero-order chi connectivity index (χ0) is 9.27. The van der Waals surface area contributed by atoms with Crippen LogP contribution in [0, 0.1) is 17.3 Å². The van der Waals surface area contributed by atoms with Gasteiger partial charge in [0.15, 0.2) is 0 Å². The highest BCUT2D eigenvalue weighted by molar-refractivity contribution is 6.19. The van der Waals surface area contributed by atoms with Crippen LogP contribution in [0.15, 0.2) is 0 Å². The molecular formula is C10H16BO2. The third-order valence-corrected chi connectivity index (χ3v) is 4.82. The van der Waals surface area contributed by atoms with Crippen LogP contribution in [0.1, 0.15) is 33.6 Å². The Morgan fingerprint density at radius 1 is 1.23 bits per heavy atom. The van der Waals surface area contributed by atoms with Gasteiger partial charge in [0, 0.05) is 0 Å². The Hall–Kier alpha value is -0.0151. The minimum Gasteiger partial charge on any atom is -0.407 e. The van der Waals surface area contributed by atoms with Crippen molar-refractivity contribution in [2.45, 2.75) is 45.3 Å². The second-order valence-corrected chi connectivity index (χ2v) is 5.56. The standard InChI is InChI=1S/C10H16BO2/c1-9(2)6-4-7(9)10(3)8(5-6)12-11-13-10/h6-8H,4-5H2,1-3H3/t6?,7?,8-,10?/m1/s1. The Bertz CT molecular complexity index is 253. The summed E-state index contributed by atoms with van der Waals surface area (Å²) < 4.78 is 11.2. The summed E-state index contributed by atoms with van der Waals surface area (Å²) in [6, 6.07) is 0. The van der Waals surface area contributed by atoms with Gasteiger partial charge in [0.2, 0.25) is 0 Å². The predicted molar refractivity (Wildman–Crippen MR) is 50.1 cm³/mol. The van der Waals surface area contributed by atoms with E-state index in [4.69, 9.17) is 9.31 Å². The first-order chi connectivity index (χ1) is 6.05. The molecule has 4 aliphatic rings. The highest BCUT2D eigenvalue weighted by Gasteiger charge is 2.65. The fourth-order valence-electron chi connectivity index (χ4n) is 3.65. The molecule has 1 aliphatic heterocycles. The van der Waals surface area contributed by atoms with Crippen molar-refractivity contribution in [2.24, 2.45) is 17.3 Å². The van der Waals surface area contributed by atoms with Crippen molar-refractivity contribution in [2.75, 3.05) is 0 Å². The van der Waals surface area contributed by atoms with Crippen molar-refractivity contribution in [1.82, 2.24) is 0 Å². The molecule has 3 aliphatic carbocycles. The van der Waals surface area contributed by atoms with Crippen LogP contribution < -0.4 is 0 Å². The van der Waals surface area contributed by atoms with Crippen molar-refractivity contribution in [3.63, 3.8) is 0 Å². The third-order valence-electron chi connectivity index (χ3n) is 4.82. The van der Waals surface area contributed by atoms with E-state index in [9.17, 15) is 0 Å². The molecule has 3 saturated carbocycles. The first kappa shape index (κ1) is 8.31. The second-order valence-electron chi connectivity index (χ2n) is 5.56. The van der Waals surface area contributed by atoms with Gasteiger partial charge < -0.3 is 9.31 Å². The summed E-state index contributed by atoms with van der Waals surface area (Å²) in [4.78, 5) is 0. The Morgan fingerprint density at radius 3 is 2.69 bits per heavy atom. The van der Waals surface area contributed by atoms with Gasteiger partial charge in [-0.05, 0) is 37.0 Å². The zero-order valence-corrected chi connectivity index (χ0v) is 8.54. The maximum Gasteiger partial charge on any atom is 0.488 e. The summed E-state index contributed by atoms with van der Waals surface area (Å²) in [7, 11) is 1.56. The Labute approximate surface area is 80.3 Å². The van der Waals surface area contributed by atoms with Gasteiger partial charge in [-0.25, -0.2) is 0 Å². The first-order valence-electron chi connectivity index (χ1n) is 5.20. The fourth-order valence-corrected chi connectivity index (χ4v) is 3.65. The maximum absolute atomic E-state index is 5.68. The van der Waals surface area contributed by atoms with E-state index in [-0.39, 0.29) is 5.60 Å². The minimum atomic E-state index is -0.0295. The monoisotopic (exact) mass is 179 g/mol. The van der Waals surface area contributed by atoms with Crippen LogP contribution in [0.2, 0.25) is 0 Å². The zero-order valence-electron chi connectivity index (χ0n) is 8.54. The summed E-state index contributed by atoms with van der Waals surface area (Å²) in [6.45, 7) is 6.95. The molecule has 3 heteroatoms. The quantitative estimate of drug-likeness (QED) is 0.527. The lowest BCUT2D eigenvalue weighted by atomic mass is 9.43. The third kappa shape index (κ3) is 0.786. The van der Waals surface area contributed by atoms with Crippen LogP contribution in [0.5, 0.6) is 0 Å². The Morgan fingerprint density at radius 2 is 2.00 bits per heavy atom. The summed E-state index contributed by atoms with van der Waals surface area (Å²) in [5, 5.41) is 0. The molecule has 0 spiro atoms. The maximum atomic E-state index is 5.68. The van der Waals surface area contributed by atoms with Gasteiger partial charge in [0.1, 0.15) is 0 Å². The average molecular weight is 179 g/mol. The largest absolute Gasteiger partial charge is 0.488 e. The topological polar surface area (TPSA) is 18.5 Å². The lowest BCUT2D eigenvalue weighted by Crippen LogP contribution is -2.65. The first-order valence-corrected chi connectivity index (χ1v) is 5.20. The Kier molecular flexibility index (Phi) is 1.37. The fraction of sp³-hybridized carbons (Fsp3) is 1.00. The average Bonchev–Trinajstić information content (AvgIpc) is 2.44. The lowest BCUT2D eigenvalue weighted by Gasteiger charge is -2.64. The molecule has 4 atom stereocenters. The number of hydrogen-bond acceptors (Lipinski definition) is 2. The van der Waals surface area contributed by atoms with Crippen molar-refractivity contribution >= 4 is 7.69 Å². The van der Waals surface area contributed by atoms with Crippen LogP contribution in [0.25, 0.3) is 0 Å². The SMILES string of the molecule is CC1(C)C2CC1C1(C)O[B]O[C@@H]1C2. The molecular weight excluding hydrogens is 163 g/mol. The van der Waals surface area contributed by atoms with Gasteiger partial charge in [-0.3, -0.25) is 0 Å². The van der Waals surface area contributed by atoms with Gasteiger partial charge >= 0.3 is 7.69 Å². The van der Waals surface area contributed by atoms with E-state index in [0.29, 0.717) is 17.4 Å². The predicted octanol–water partition coefficient (Wildman–Crippen LogP) is 1.76. The molecule has 1 radical (unpaired) electrons. The van der Waals surface area contributed by atoms with Crippen molar-refractivity contribution in [3.8, 4) is 0 Å². The van der Waals surface area contributed by atoms with Crippen LogP contribution in [0.4, 0.5) is 0 Å². The van der Waals surface area contributed by atoms with Crippen molar-refractivity contribution < 1.29 is 9.31 Å². The van der Waals surface area contributed by atoms with Gasteiger partial charge in [0.05, 0.1) is 11.7 Å². The smallest absolute Gasteiger partial charge is 0.407 e. The molecule has 4 fully saturated rings. The molecule has 1 saturated heterocycles. The number of hydrogen-bond donors (Lipinski definition) is 0. The van der Waals surface area contributed by atoms with Gasteiger partial charge in [0.25, 0.3) is 0 Å². The highest BCUT2D eigenvalue weighted by Crippen LogP contribution is 2.65. The highest BCUT2D eigenvalue weighted by atomic mass is 16.6. The van der Waals surface area contributed by atoms with E-state index in [1.54, 1.807) is 7.69 Å². The summed E-state index contributed by atoms with van der Waals surface area (Å²) in [6.07, 6.45) is 2.83. The number of rotatable bonds is 0. The molecule has 2 nitrogen and oxygen atoms in total. The van der Waals surface area contributed by atoms with Crippen LogP contribution in [0.3, 0.4) is 0 Å². The molecule has 1 heterocycles. The van der Waals surface area contributed by atoms with Crippen LogP contribution >= 0.6 is 0 Å². The molecule has 0 aromatic rings. The molecule has 0 aromatic carbocycles. The summed E-state index contributed by atoms with van der Waals surface area (Å²) in [5.74, 6) is 1.54. The molecule has 4 rings (SSSR count). The van der Waals surface area contributed by atoms with E-state index < -0.39 is 0 Å². The van der Waals surface area contributed by atoms with E-state index in [1.165, 1.54) is 12.8 Å². The van der Waals surface area contributed by atoms with E-state index >= 15 is 0 Å². The molecule has 71 valence electrons. The second kappa shape index (κ2) is 2.14. The molecule has 0 amide bonds. The summed E-state index contributed by atoms with van der Waals surface area (Å²) in [5.41, 5.74) is 0.436. The minimum absolute atomic E-state index is 0.0295. The lowest BCUT2D eigenvalue weighted by molar-refractivity contribution is -0.199. The van der Waals surface area contributed by atoms with Crippen LogP contribution in [-0.2, 0) is 9.31 Å². The normalized spacial score (nSPS) is 56.4. The molecule has 2 bridgehead atoms. The molecule has 13 heavy (non-hydrogen) atoms. The molecule has 0 N–H and O–H groups in total. The van der Waals surface area contributed by atoms with Gasteiger partial charge in [-0.2, -0.15) is 0 Å². The van der Waals surface area contributed by atoms with E-state index in [0.717, 1.165) is 5.92 Å². The Balaban J connectivity index is 1.97. The van der Waals surface area contributed by atoms with E-state index in [1.807, 2.05) is 0 Å². The van der Waals surface area contributed by atoms with E-state index in [2.05, 4.69) is 20.8 Å². The van der Waals surface area contributed by atoms with Gasteiger partial charge in [-0.1, -0.05) is 13.8 Å². The van der Waals surface area contributed by atoms with Crippen molar-refractivity contribution in [1.29, 1.82) is 0 Å². The molecule has 0 aromatic heterocycles. The van der Waals surface area contributed by atoms with Crippen LogP contribution in [-0.4, -0.2) is 19.4 Å². The van der Waals surface area contributed by atoms with Gasteiger partial charge in [-0.15, -0.1) is 0 Å². The molecule has 3 unspecified atom stereocenters. The van der Waals surface area contributed by atoms with Crippen molar-refractivity contribution in [3.05, 3.63) is 0 Å². The summed E-state index contributed by atoms with van der Waals surface area (Å²) >= 11 is 0.